The Hall–Kier alpha value is -1.69. The number of piperidine rings is 1. The number of hydrogen-bond donors (Lipinski definition) is 1. The molecule has 1 fully saturated rings. The first kappa shape index (κ1) is 15.7. The van der Waals surface area contributed by atoms with Crippen LogP contribution < -0.4 is 10.2 Å². The van der Waals surface area contributed by atoms with Crippen LogP contribution in [0.25, 0.3) is 0 Å². The van der Waals surface area contributed by atoms with Gasteiger partial charge in [0.2, 0.25) is 5.82 Å². The van der Waals surface area contributed by atoms with Gasteiger partial charge in [-0.1, -0.05) is 13.3 Å². The second-order valence-corrected chi connectivity index (χ2v) is 5.71. The largest absolute Gasteiger partial charge is 0.349 e. The molecule has 1 saturated heterocycles. The molecule has 2 heterocycles. The summed E-state index contributed by atoms with van der Waals surface area (Å²) in [5.74, 6) is 0.500. The maximum Gasteiger partial charge on any atom is 0.311 e. The van der Waals surface area contributed by atoms with E-state index < -0.39 is 0 Å². The highest BCUT2D eigenvalue weighted by Gasteiger charge is 2.24. The van der Waals surface area contributed by atoms with Crippen LogP contribution in [0.2, 0.25) is 0 Å². The molecular weight excluding hydrogens is 268 g/mol. The van der Waals surface area contributed by atoms with Gasteiger partial charge >= 0.3 is 5.69 Å². The molecule has 0 amide bonds. The van der Waals surface area contributed by atoms with Crippen molar-refractivity contribution >= 4 is 11.5 Å². The molecule has 1 aliphatic rings. The van der Waals surface area contributed by atoms with Gasteiger partial charge in [-0.3, -0.25) is 10.1 Å². The average molecular weight is 292 g/mol. The van der Waals surface area contributed by atoms with Crippen LogP contribution in [-0.2, 0) is 0 Å². The van der Waals surface area contributed by atoms with Crippen molar-refractivity contribution in [2.45, 2.75) is 45.6 Å². The number of hydrogen-bond acceptors (Lipinski definition) is 5. The van der Waals surface area contributed by atoms with Gasteiger partial charge in [-0.25, -0.2) is 4.98 Å². The smallest absolute Gasteiger partial charge is 0.311 e. The number of nitrogens with one attached hydrogen (secondary N) is 1. The van der Waals surface area contributed by atoms with Crippen molar-refractivity contribution in [2.24, 2.45) is 0 Å². The lowest BCUT2D eigenvalue weighted by molar-refractivity contribution is -0.384. The van der Waals surface area contributed by atoms with E-state index in [2.05, 4.69) is 22.1 Å². The van der Waals surface area contributed by atoms with Crippen molar-refractivity contribution in [3.63, 3.8) is 0 Å². The van der Waals surface area contributed by atoms with Crippen LogP contribution in [0, 0.1) is 17.0 Å². The maximum absolute atomic E-state index is 11.3. The number of nitrogens with zero attached hydrogens (tertiary/aromatic N) is 3. The highest BCUT2D eigenvalue weighted by atomic mass is 16.6. The lowest BCUT2D eigenvalue weighted by atomic mass is 10.0. The molecule has 21 heavy (non-hydrogen) atoms. The molecule has 0 radical (unpaired) electrons. The summed E-state index contributed by atoms with van der Waals surface area (Å²) in [5.41, 5.74) is 0.928. The van der Waals surface area contributed by atoms with E-state index in [0.717, 1.165) is 38.0 Å². The molecule has 2 rings (SSSR count). The summed E-state index contributed by atoms with van der Waals surface area (Å²) in [6.45, 7) is 6.52. The third kappa shape index (κ3) is 4.14. The standard InChI is InChI=1S/C15H24N4O2/c1-3-8-18(11-13-6-4-5-7-16-13)15-14(19(20)21)9-12(2)10-17-15/h9-10,13,16H,3-8,11H2,1-2H3. The van der Waals surface area contributed by atoms with Crippen molar-refractivity contribution in [3.05, 3.63) is 27.9 Å². The minimum Gasteiger partial charge on any atom is -0.349 e. The fourth-order valence-corrected chi connectivity index (χ4v) is 2.82. The van der Waals surface area contributed by atoms with E-state index in [-0.39, 0.29) is 10.6 Å². The van der Waals surface area contributed by atoms with E-state index in [0.29, 0.717) is 11.9 Å². The Bertz CT molecular complexity index is 487. The Balaban J connectivity index is 2.22. The van der Waals surface area contributed by atoms with Gasteiger partial charge in [0.15, 0.2) is 0 Å². The number of pyridine rings is 1. The SMILES string of the molecule is CCCN(CC1CCCCN1)c1ncc(C)cc1[N+](=O)[O-]. The fourth-order valence-electron chi connectivity index (χ4n) is 2.82. The Morgan fingerprint density at radius 1 is 1.52 bits per heavy atom. The third-order valence-corrected chi connectivity index (χ3v) is 3.83. The molecule has 0 aliphatic carbocycles. The summed E-state index contributed by atoms with van der Waals surface area (Å²) in [4.78, 5) is 17.4. The molecule has 116 valence electrons. The second kappa shape index (κ2) is 7.36. The van der Waals surface area contributed by atoms with Gasteiger partial charge in [0.25, 0.3) is 0 Å². The highest BCUT2D eigenvalue weighted by molar-refractivity contribution is 5.58. The van der Waals surface area contributed by atoms with E-state index in [1.807, 2.05) is 6.92 Å². The van der Waals surface area contributed by atoms with Gasteiger partial charge < -0.3 is 10.2 Å². The number of aromatic nitrogens is 1. The third-order valence-electron chi connectivity index (χ3n) is 3.83. The molecule has 0 saturated carbocycles. The fraction of sp³-hybridized carbons (Fsp3) is 0.667. The predicted octanol–water partition coefficient (Wildman–Crippen LogP) is 2.66. The zero-order valence-corrected chi connectivity index (χ0v) is 12.8. The van der Waals surface area contributed by atoms with Crippen molar-refractivity contribution in [1.29, 1.82) is 0 Å². The molecule has 1 aromatic rings. The average Bonchev–Trinajstić information content (AvgIpc) is 2.48. The quantitative estimate of drug-likeness (QED) is 0.644. The van der Waals surface area contributed by atoms with E-state index in [9.17, 15) is 10.1 Å². The van der Waals surface area contributed by atoms with Gasteiger partial charge in [0, 0.05) is 31.4 Å². The number of aryl methyl sites for hydroxylation is 1. The first-order valence-electron chi connectivity index (χ1n) is 7.71. The van der Waals surface area contributed by atoms with Gasteiger partial charge in [0.1, 0.15) is 0 Å². The van der Waals surface area contributed by atoms with Crippen LogP contribution >= 0.6 is 0 Å². The summed E-state index contributed by atoms with van der Waals surface area (Å²) >= 11 is 0. The molecule has 1 aromatic heterocycles. The summed E-state index contributed by atoms with van der Waals surface area (Å²) in [6, 6.07) is 2.01. The molecule has 1 atom stereocenters. The zero-order chi connectivity index (χ0) is 15.2. The summed E-state index contributed by atoms with van der Waals surface area (Å²) in [6.07, 6.45) is 6.22. The van der Waals surface area contributed by atoms with E-state index in [1.54, 1.807) is 12.3 Å². The summed E-state index contributed by atoms with van der Waals surface area (Å²) in [5, 5.41) is 14.8. The summed E-state index contributed by atoms with van der Waals surface area (Å²) in [7, 11) is 0. The number of rotatable bonds is 6. The van der Waals surface area contributed by atoms with Crippen molar-refractivity contribution in [1.82, 2.24) is 10.3 Å². The monoisotopic (exact) mass is 292 g/mol. The van der Waals surface area contributed by atoms with Crippen LogP contribution in [0.1, 0.15) is 38.2 Å². The molecule has 1 unspecified atom stereocenters. The topological polar surface area (TPSA) is 71.3 Å². The molecule has 0 aromatic carbocycles. The Morgan fingerprint density at radius 3 is 2.95 bits per heavy atom. The molecule has 1 aliphatic heterocycles. The van der Waals surface area contributed by atoms with Gasteiger partial charge in [-0.15, -0.1) is 0 Å². The second-order valence-electron chi connectivity index (χ2n) is 5.71. The van der Waals surface area contributed by atoms with Crippen molar-refractivity contribution in [3.8, 4) is 0 Å². The first-order chi connectivity index (χ1) is 10.1. The minimum atomic E-state index is -0.327. The van der Waals surface area contributed by atoms with Crippen molar-refractivity contribution < 1.29 is 4.92 Å². The predicted molar refractivity (Wildman–Crippen MR) is 83.8 cm³/mol. The lowest BCUT2D eigenvalue weighted by Crippen LogP contribution is -2.44. The van der Waals surface area contributed by atoms with Crippen LogP contribution in [0.3, 0.4) is 0 Å². The van der Waals surface area contributed by atoms with E-state index in [4.69, 9.17) is 0 Å². The number of anilines is 1. The van der Waals surface area contributed by atoms with E-state index in [1.165, 1.54) is 12.8 Å². The van der Waals surface area contributed by atoms with Crippen LogP contribution in [0.4, 0.5) is 11.5 Å². The lowest BCUT2D eigenvalue weighted by Gasteiger charge is -2.31. The van der Waals surface area contributed by atoms with Gasteiger partial charge in [-0.05, 0) is 38.3 Å². The van der Waals surface area contributed by atoms with Crippen LogP contribution in [0.15, 0.2) is 12.3 Å². The zero-order valence-electron chi connectivity index (χ0n) is 12.8. The molecular formula is C15H24N4O2. The molecule has 0 bridgehead atoms. The van der Waals surface area contributed by atoms with Crippen LogP contribution in [0.5, 0.6) is 0 Å². The van der Waals surface area contributed by atoms with Crippen molar-refractivity contribution in [2.75, 3.05) is 24.5 Å². The maximum atomic E-state index is 11.3. The Labute approximate surface area is 125 Å². The van der Waals surface area contributed by atoms with Crippen LogP contribution in [-0.4, -0.2) is 35.6 Å². The highest BCUT2D eigenvalue weighted by Crippen LogP contribution is 2.27. The Kier molecular flexibility index (Phi) is 5.50. The van der Waals surface area contributed by atoms with Gasteiger partial charge in [-0.2, -0.15) is 0 Å². The van der Waals surface area contributed by atoms with E-state index >= 15 is 0 Å². The van der Waals surface area contributed by atoms with Gasteiger partial charge in [0.05, 0.1) is 4.92 Å². The first-order valence-corrected chi connectivity index (χ1v) is 7.71. The Morgan fingerprint density at radius 2 is 2.33 bits per heavy atom. The minimum absolute atomic E-state index is 0.110. The molecule has 6 heteroatoms. The molecule has 1 N–H and O–H groups in total. The molecule has 6 nitrogen and oxygen atoms in total. The molecule has 0 spiro atoms. The normalized spacial score (nSPS) is 18.5. The number of nitro groups is 1. The summed E-state index contributed by atoms with van der Waals surface area (Å²) < 4.78 is 0.